The van der Waals surface area contributed by atoms with E-state index in [0.29, 0.717) is 48.4 Å². The number of nitrogens with zero attached hydrogens (tertiary/aromatic N) is 2. The average Bonchev–Trinajstić information content (AvgIpc) is 3.33. The first-order valence-electron chi connectivity index (χ1n) is 10.9. The fraction of sp³-hybridized carbons (Fsp3) is 0.458. The molecule has 0 aliphatic carbocycles. The summed E-state index contributed by atoms with van der Waals surface area (Å²) in [6.07, 6.45) is 2.21. The van der Waals surface area contributed by atoms with Gasteiger partial charge in [0.05, 0.1) is 16.7 Å². The third-order valence-electron chi connectivity index (χ3n) is 5.73. The van der Waals surface area contributed by atoms with E-state index >= 15 is 0 Å². The maximum atomic E-state index is 13.1. The number of hydrogen-bond donors (Lipinski definition) is 0. The minimum atomic E-state index is 0.0231. The van der Waals surface area contributed by atoms with Gasteiger partial charge in [-0.2, -0.15) is 0 Å². The molecule has 31 heavy (non-hydrogen) atoms. The molecule has 166 valence electrons. The summed E-state index contributed by atoms with van der Waals surface area (Å²) in [6, 6.07) is 15.0. The SMILES string of the molecule is O=C(c1ccccc1OCC1CCCO1)N1CCN(CCOc2ccccc2Cl)CC1. The van der Waals surface area contributed by atoms with Crippen LogP contribution >= 0.6 is 11.6 Å². The van der Waals surface area contributed by atoms with Crippen LogP contribution in [0.25, 0.3) is 0 Å². The van der Waals surface area contributed by atoms with E-state index in [4.69, 9.17) is 25.8 Å². The monoisotopic (exact) mass is 444 g/mol. The lowest BCUT2D eigenvalue weighted by Gasteiger charge is -2.35. The maximum Gasteiger partial charge on any atom is 0.257 e. The summed E-state index contributed by atoms with van der Waals surface area (Å²) in [5.74, 6) is 1.37. The molecule has 2 saturated heterocycles. The van der Waals surface area contributed by atoms with Crippen molar-refractivity contribution in [2.75, 3.05) is 52.5 Å². The summed E-state index contributed by atoms with van der Waals surface area (Å²) in [4.78, 5) is 17.3. The Morgan fingerprint density at radius 2 is 1.74 bits per heavy atom. The molecule has 2 aliphatic rings. The zero-order valence-corrected chi connectivity index (χ0v) is 18.4. The summed E-state index contributed by atoms with van der Waals surface area (Å²) in [5.41, 5.74) is 0.621. The second kappa shape index (κ2) is 10.8. The van der Waals surface area contributed by atoms with E-state index in [-0.39, 0.29) is 12.0 Å². The molecule has 0 radical (unpaired) electrons. The summed E-state index contributed by atoms with van der Waals surface area (Å²) < 4.78 is 17.4. The van der Waals surface area contributed by atoms with E-state index in [2.05, 4.69) is 4.90 Å². The van der Waals surface area contributed by atoms with Gasteiger partial charge in [0.2, 0.25) is 0 Å². The first-order chi connectivity index (χ1) is 15.2. The standard InChI is InChI=1S/C24H29ClN2O4/c25-21-8-2-4-10-23(21)30-17-15-26-11-13-27(14-12-26)24(28)20-7-1-3-9-22(20)31-18-19-6-5-16-29-19/h1-4,7-10,19H,5-6,11-18H2. The van der Waals surface area contributed by atoms with Crippen molar-refractivity contribution in [3.63, 3.8) is 0 Å². The molecule has 2 fully saturated rings. The highest BCUT2D eigenvalue weighted by atomic mass is 35.5. The summed E-state index contributed by atoms with van der Waals surface area (Å²) in [6.45, 7) is 5.65. The molecule has 2 aromatic carbocycles. The van der Waals surface area contributed by atoms with Gasteiger partial charge in [0.1, 0.15) is 24.7 Å². The molecular weight excluding hydrogens is 416 g/mol. The quantitative estimate of drug-likeness (QED) is 0.621. The van der Waals surface area contributed by atoms with Crippen molar-refractivity contribution in [1.29, 1.82) is 0 Å². The molecule has 2 aliphatic heterocycles. The number of ether oxygens (including phenoxy) is 3. The van der Waals surface area contributed by atoms with Crippen molar-refractivity contribution in [2.45, 2.75) is 18.9 Å². The summed E-state index contributed by atoms with van der Waals surface area (Å²) >= 11 is 6.13. The molecule has 0 N–H and O–H groups in total. The Morgan fingerprint density at radius 3 is 2.48 bits per heavy atom. The van der Waals surface area contributed by atoms with Crippen LogP contribution in [0.15, 0.2) is 48.5 Å². The third kappa shape index (κ3) is 5.91. The lowest BCUT2D eigenvalue weighted by molar-refractivity contribution is 0.0587. The van der Waals surface area contributed by atoms with Gasteiger partial charge in [-0.15, -0.1) is 0 Å². The molecule has 0 spiro atoms. The smallest absolute Gasteiger partial charge is 0.257 e. The number of carbonyl (C=O) groups excluding carboxylic acids is 1. The second-order valence-electron chi connectivity index (χ2n) is 7.85. The average molecular weight is 445 g/mol. The zero-order valence-electron chi connectivity index (χ0n) is 17.7. The molecule has 7 heteroatoms. The van der Waals surface area contributed by atoms with Crippen molar-refractivity contribution >= 4 is 17.5 Å². The predicted molar refractivity (Wildman–Crippen MR) is 120 cm³/mol. The van der Waals surface area contributed by atoms with Gasteiger partial charge in [-0.05, 0) is 37.1 Å². The van der Waals surface area contributed by atoms with Gasteiger partial charge in [-0.1, -0.05) is 35.9 Å². The Bertz CT molecular complexity index is 864. The van der Waals surface area contributed by atoms with Gasteiger partial charge in [0, 0.05) is 39.3 Å². The largest absolute Gasteiger partial charge is 0.491 e. The normalized spacial score (nSPS) is 19.4. The Hall–Kier alpha value is -2.28. The van der Waals surface area contributed by atoms with Crippen molar-refractivity contribution in [3.8, 4) is 11.5 Å². The first kappa shape index (κ1) is 21.9. The van der Waals surface area contributed by atoms with E-state index < -0.39 is 0 Å². The molecule has 2 aromatic rings. The number of amides is 1. The number of benzene rings is 2. The Labute approximate surface area is 188 Å². The van der Waals surface area contributed by atoms with Gasteiger partial charge in [0.25, 0.3) is 5.91 Å². The molecule has 1 unspecified atom stereocenters. The van der Waals surface area contributed by atoms with E-state index in [0.717, 1.165) is 39.1 Å². The topological polar surface area (TPSA) is 51.2 Å². The van der Waals surface area contributed by atoms with Crippen LogP contribution in [0.4, 0.5) is 0 Å². The predicted octanol–water partition coefficient (Wildman–Crippen LogP) is 3.73. The fourth-order valence-corrected chi connectivity index (χ4v) is 4.11. The third-order valence-corrected chi connectivity index (χ3v) is 6.04. The molecule has 6 nitrogen and oxygen atoms in total. The Balaban J connectivity index is 1.25. The van der Waals surface area contributed by atoms with Crippen molar-refractivity contribution < 1.29 is 19.0 Å². The Morgan fingerprint density at radius 1 is 1.00 bits per heavy atom. The van der Waals surface area contributed by atoms with Gasteiger partial charge in [-0.3, -0.25) is 9.69 Å². The number of carbonyl (C=O) groups is 1. The van der Waals surface area contributed by atoms with Gasteiger partial charge in [0.15, 0.2) is 0 Å². The van der Waals surface area contributed by atoms with Crippen LogP contribution in [0.1, 0.15) is 23.2 Å². The lowest BCUT2D eigenvalue weighted by atomic mass is 10.1. The van der Waals surface area contributed by atoms with Crippen molar-refractivity contribution in [3.05, 3.63) is 59.1 Å². The minimum Gasteiger partial charge on any atom is -0.491 e. The van der Waals surface area contributed by atoms with Crippen LogP contribution in [0.5, 0.6) is 11.5 Å². The molecule has 0 bridgehead atoms. The number of piperazine rings is 1. The summed E-state index contributed by atoms with van der Waals surface area (Å²) in [5, 5.41) is 0.623. The first-order valence-corrected chi connectivity index (χ1v) is 11.3. The van der Waals surface area contributed by atoms with E-state index in [1.165, 1.54) is 0 Å². The van der Waals surface area contributed by atoms with Crippen molar-refractivity contribution in [2.24, 2.45) is 0 Å². The number of rotatable bonds is 8. The number of halogens is 1. The number of para-hydroxylation sites is 2. The lowest BCUT2D eigenvalue weighted by Crippen LogP contribution is -2.49. The Kier molecular flexibility index (Phi) is 7.67. The molecule has 1 atom stereocenters. The van der Waals surface area contributed by atoms with Gasteiger partial charge >= 0.3 is 0 Å². The fourth-order valence-electron chi connectivity index (χ4n) is 3.92. The van der Waals surface area contributed by atoms with E-state index in [9.17, 15) is 4.79 Å². The van der Waals surface area contributed by atoms with E-state index in [1.54, 1.807) is 0 Å². The van der Waals surface area contributed by atoms with Gasteiger partial charge < -0.3 is 19.1 Å². The van der Waals surface area contributed by atoms with Crippen LogP contribution < -0.4 is 9.47 Å². The van der Waals surface area contributed by atoms with Crippen LogP contribution in [0.3, 0.4) is 0 Å². The molecular formula is C24H29ClN2O4. The van der Waals surface area contributed by atoms with Crippen LogP contribution in [-0.4, -0.2) is 74.4 Å². The van der Waals surface area contributed by atoms with Crippen LogP contribution in [0, 0.1) is 0 Å². The molecule has 1 amide bonds. The van der Waals surface area contributed by atoms with E-state index in [1.807, 2.05) is 53.4 Å². The minimum absolute atomic E-state index is 0.0231. The highest BCUT2D eigenvalue weighted by Gasteiger charge is 2.25. The zero-order chi connectivity index (χ0) is 21.5. The summed E-state index contributed by atoms with van der Waals surface area (Å²) in [7, 11) is 0. The molecule has 4 rings (SSSR count). The second-order valence-corrected chi connectivity index (χ2v) is 8.26. The van der Waals surface area contributed by atoms with Crippen LogP contribution in [0.2, 0.25) is 5.02 Å². The number of hydrogen-bond acceptors (Lipinski definition) is 5. The van der Waals surface area contributed by atoms with Crippen molar-refractivity contribution in [1.82, 2.24) is 9.80 Å². The molecule has 2 heterocycles. The molecule has 0 saturated carbocycles. The van der Waals surface area contributed by atoms with Crippen LogP contribution in [-0.2, 0) is 4.74 Å². The highest BCUT2D eigenvalue weighted by Crippen LogP contribution is 2.24. The maximum absolute atomic E-state index is 13.1. The highest BCUT2D eigenvalue weighted by molar-refractivity contribution is 6.32. The van der Waals surface area contributed by atoms with Gasteiger partial charge in [-0.25, -0.2) is 0 Å². The molecule has 0 aromatic heterocycles.